The summed E-state index contributed by atoms with van der Waals surface area (Å²) in [5, 5.41) is 3.05. The van der Waals surface area contributed by atoms with Crippen molar-refractivity contribution in [3.05, 3.63) is 65.2 Å². The highest BCUT2D eigenvalue weighted by molar-refractivity contribution is 5.83. The Morgan fingerprint density at radius 1 is 1.19 bits per heavy atom. The minimum Gasteiger partial charge on any atom is -0.497 e. The second kappa shape index (κ2) is 9.97. The van der Waals surface area contributed by atoms with Gasteiger partial charge in [-0.2, -0.15) is 0 Å². The van der Waals surface area contributed by atoms with Crippen LogP contribution in [-0.4, -0.2) is 38.1 Å². The summed E-state index contributed by atoms with van der Waals surface area (Å²) in [6.07, 6.45) is 0.923. The zero-order valence-electron chi connectivity index (χ0n) is 16.3. The van der Waals surface area contributed by atoms with Gasteiger partial charge in [0, 0.05) is 13.1 Å². The van der Waals surface area contributed by atoms with E-state index in [0.29, 0.717) is 6.54 Å². The highest BCUT2D eigenvalue weighted by Gasteiger charge is 2.14. The molecule has 1 atom stereocenters. The van der Waals surface area contributed by atoms with Crippen molar-refractivity contribution in [3.8, 4) is 5.75 Å². The van der Waals surface area contributed by atoms with Gasteiger partial charge in [0.15, 0.2) is 0 Å². The summed E-state index contributed by atoms with van der Waals surface area (Å²) in [7, 11) is 3.78. The number of nitrogens with zero attached hydrogens (tertiary/aromatic N) is 1. The monoisotopic (exact) mass is 354 g/mol. The van der Waals surface area contributed by atoms with Crippen molar-refractivity contribution in [2.24, 2.45) is 0 Å². The lowest BCUT2D eigenvalue weighted by Crippen LogP contribution is -2.31. The van der Waals surface area contributed by atoms with Crippen LogP contribution in [0.1, 0.15) is 36.0 Å². The van der Waals surface area contributed by atoms with Gasteiger partial charge in [-0.1, -0.05) is 42.0 Å². The fourth-order valence-electron chi connectivity index (χ4n) is 2.88. The SMILES string of the molecule is COc1cccc(CN(C)CCCNC(=O)C(C)c2ccc(C)cc2)c1. The van der Waals surface area contributed by atoms with Crippen molar-refractivity contribution < 1.29 is 9.53 Å². The summed E-state index contributed by atoms with van der Waals surface area (Å²) >= 11 is 0. The molecule has 140 valence electrons. The third-order valence-electron chi connectivity index (χ3n) is 4.57. The van der Waals surface area contributed by atoms with Crippen LogP contribution >= 0.6 is 0 Å². The molecule has 4 heteroatoms. The Morgan fingerprint density at radius 3 is 2.62 bits per heavy atom. The number of nitrogens with one attached hydrogen (secondary N) is 1. The average Bonchev–Trinajstić information content (AvgIpc) is 2.65. The van der Waals surface area contributed by atoms with E-state index in [4.69, 9.17) is 4.74 Å². The number of hydrogen-bond donors (Lipinski definition) is 1. The van der Waals surface area contributed by atoms with E-state index in [1.165, 1.54) is 11.1 Å². The Hall–Kier alpha value is -2.33. The van der Waals surface area contributed by atoms with Crippen LogP contribution in [0.15, 0.2) is 48.5 Å². The molecule has 1 N–H and O–H groups in total. The fourth-order valence-corrected chi connectivity index (χ4v) is 2.88. The molecule has 0 fully saturated rings. The van der Waals surface area contributed by atoms with Gasteiger partial charge in [0.05, 0.1) is 13.0 Å². The van der Waals surface area contributed by atoms with E-state index in [2.05, 4.69) is 36.3 Å². The minimum atomic E-state index is -0.120. The van der Waals surface area contributed by atoms with Gasteiger partial charge in [-0.15, -0.1) is 0 Å². The second-order valence-electron chi connectivity index (χ2n) is 6.87. The molecule has 0 aromatic heterocycles. The largest absolute Gasteiger partial charge is 0.497 e. The van der Waals surface area contributed by atoms with E-state index in [1.807, 2.05) is 43.3 Å². The molecule has 0 saturated heterocycles. The minimum absolute atomic E-state index is 0.0873. The highest BCUT2D eigenvalue weighted by Crippen LogP contribution is 2.16. The molecule has 0 radical (unpaired) electrons. The number of aryl methyl sites for hydroxylation is 1. The van der Waals surface area contributed by atoms with E-state index in [9.17, 15) is 4.79 Å². The van der Waals surface area contributed by atoms with Crippen molar-refractivity contribution >= 4 is 5.91 Å². The molecular weight excluding hydrogens is 324 g/mol. The molecule has 0 saturated carbocycles. The Labute approximate surface area is 157 Å². The van der Waals surface area contributed by atoms with Crippen molar-refractivity contribution in [1.82, 2.24) is 10.2 Å². The number of rotatable bonds is 9. The number of methoxy groups -OCH3 is 1. The molecule has 0 aliphatic heterocycles. The number of carbonyl (C=O) groups is 1. The first-order valence-electron chi connectivity index (χ1n) is 9.15. The summed E-state index contributed by atoms with van der Waals surface area (Å²) in [5.74, 6) is 0.850. The lowest BCUT2D eigenvalue weighted by Gasteiger charge is -2.18. The normalized spacial score (nSPS) is 12.0. The average molecular weight is 354 g/mol. The van der Waals surface area contributed by atoms with E-state index in [1.54, 1.807) is 7.11 Å². The van der Waals surface area contributed by atoms with Gasteiger partial charge in [-0.25, -0.2) is 0 Å². The quantitative estimate of drug-likeness (QED) is 0.698. The molecule has 0 aliphatic carbocycles. The predicted molar refractivity (Wildman–Crippen MR) is 107 cm³/mol. The Kier molecular flexibility index (Phi) is 7.67. The van der Waals surface area contributed by atoms with Crippen LogP contribution in [0.5, 0.6) is 5.75 Å². The molecule has 0 spiro atoms. The predicted octanol–water partition coefficient (Wildman–Crippen LogP) is 3.75. The van der Waals surface area contributed by atoms with Crippen LogP contribution in [0.3, 0.4) is 0 Å². The van der Waals surface area contributed by atoms with E-state index >= 15 is 0 Å². The van der Waals surface area contributed by atoms with E-state index < -0.39 is 0 Å². The number of carbonyl (C=O) groups excluding carboxylic acids is 1. The summed E-state index contributed by atoms with van der Waals surface area (Å²) < 4.78 is 5.26. The van der Waals surface area contributed by atoms with Gasteiger partial charge in [0.25, 0.3) is 0 Å². The van der Waals surface area contributed by atoms with E-state index in [-0.39, 0.29) is 11.8 Å². The van der Waals surface area contributed by atoms with Crippen LogP contribution in [0.2, 0.25) is 0 Å². The molecule has 0 bridgehead atoms. The van der Waals surface area contributed by atoms with Gasteiger partial charge in [-0.05, 0) is 57.1 Å². The molecule has 1 amide bonds. The molecule has 1 unspecified atom stereocenters. The van der Waals surface area contributed by atoms with Gasteiger partial charge >= 0.3 is 0 Å². The summed E-state index contributed by atoms with van der Waals surface area (Å²) in [6, 6.07) is 16.3. The summed E-state index contributed by atoms with van der Waals surface area (Å²) in [6.45, 7) is 6.49. The lowest BCUT2D eigenvalue weighted by atomic mass is 9.99. The first-order chi connectivity index (χ1) is 12.5. The van der Waals surface area contributed by atoms with Crippen LogP contribution in [0.25, 0.3) is 0 Å². The zero-order chi connectivity index (χ0) is 18.9. The Bertz CT molecular complexity index is 698. The van der Waals surface area contributed by atoms with Gasteiger partial charge in [0.1, 0.15) is 5.75 Å². The van der Waals surface area contributed by atoms with Crippen LogP contribution in [0, 0.1) is 6.92 Å². The highest BCUT2D eigenvalue weighted by atomic mass is 16.5. The Morgan fingerprint density at radius 2 is 1.92 bits per heavy atom. The smallest absolute Gasteiger partial charge is 0.227 e. The number of benzene rings is 2. The zero-order valence-corrected chi connectivity index (χ0v) is 16.3. The maximum absolute atomic E-state index is 12.3. The molecule has 0 heterocycles. The molecule has 4 nitrogen and oxygen atoms in total. The molecule has 2 rings (SSSR count). The van der Waals surface area contributed by atoms with Crippen molar-refractivity contribution in [1.29, 1.82) is 0 Å². The number of hydrogen-bond acceptors (Lipinski definition) is 3. The fraction of sp³-hybridized carbons (Fsp3) is 0.409. The van der Waals surface area contributed by atoms with E-state index in [0.717, 1.165) is 30.8 Å². The topological polar surface area (TPSA) is 41.6 Å². The molecule has 2 aromatic rings. The van der Waals surface area contributed by atoms with Gasteiger partial charge in [0.2, 0.25) is 5.91 Å². The summed E-state index contributed by atoms with van der Waals surface area (Å²) in [4.78, 5) is 14.6. The maximum Gasteiger partial charge on any atom is 0.227 e. The number of amides is 1. The summed E-state index contributed by atoms with van der Waals surface area (Å²) in [5.41, 5.74) is 3.49. The van der Waals surface area contributed by atoms with Crippen molar-refractivity contribution in [2.45, 2.75) is 32.7 Å². The maximum atomic E-state index is 12.3. The number of ether oxygens (including phenoxy) is 1. The molecule has 0 aliphatic rings. The van der Waals surface area contributed by atoms with Crippen LogP contribution < -0.4 is 10.1 Å². The molecule has 26 heavy (non-hydrogen) atoms. The third-order valence-corrected chi connectivity index (χ3v) is 4.57. The lowest BCUT2D eigenvalue weighted by molar-refractivity contribution is -0.122. The van der Waals surface area contributed by atoms with Crippen molar-refractivity contribution in [2.75, 3.05) is 27.2 Å². The molecule has 2 aromatic carbocycles. The molecular formula is C22H30N2O2. The van der Waals surface area contributed by atoms with Crippen LogP contribution in [-0.2, 0) is 11.3 Å². The first-order valence-corrected chi connectivity index (χ1v) is 9.15. The second-order valence-corrected chi connectivity index (χ2v) is 6.87. The first kappa shape index (κ1) is 20.0. The van der Waals surface area contributed by atoms with Gasteiger partial charge < -0.3 is 15.0 Å². The third kappa shape index (κ3) is 6.19. The Balaban J connectivity index is 1.70. The van der Waals surface area contributed by atoms with Gasteiger partial charge in [-0.3, -0.25) is 4.79 Å². The van der Waals surface area contributed by atoms with Crippen LogP contribution in [0.4, 0.5) is 0 Å². The van der Waals surface area contributed by atoms with Crippen molar-refractivity contribution in [3.63, 3.8) is 0 Å². The standard InChI is InChI=1S/C22H30N2O2/c1-17-9-11-20(12-10-17)18(2)22(25)23-13-6-14-24(3)16-19-7-5-8-21(15-19)26-4/h5,7-12,15,18H,6,13-14,16H2,1-4H3,(H,23,25).